The number of aromatic hydroxyl groups is 1. The Morgan fingerprint density at radius 3 is 2.76 bits per heavy atom. The molecular weight excluding hydrogens is 262 g/mol. The van der Waals surface area contributed by atoms with Gasteiger partial charge < -0.3 is 9.84 Å². The predicted octanol–water partition coefficient (Wildman–Crippen LogP) is 4.12. The van der Waals surface area contributed by atoms with Crippen LogP contribution in [0.25, 0.3) is 23.1 Å². The van der Waals surface area contributed by atoms with E-state index in [-0.39, 0.29) is 5.75 Å². The van der Waals surface area contributed by atoms with Gasteiger partial charge in [-0.15, -0.1) is 0 Å². The minimum absolute atomic E-state index is 0.143. The van der Waals surface area contributed by atoms with E-state index in [2.05, 4.69) is 11.1 Å². The van der Waals surface area contributed by atoms with Crippen LogP contribution in [0.2, 0.25) is 0 Å². The molecule has 0 amide bonds. The molecule has 3 heteroatoms. The third-order valence-electron chi connectivity index (χ3n) is 3.34. The van der Waals surface area contributed by atoms with Gasteiger partial charge in [0, 0.05) is 11.6 Å². The van der Waals surface area contributed by atoms with Crippen LogP contribution >= 0.6 is 0 Å². The second-order valence-corrected chi connectivity index (χ2v) is 4.68. The second-order valence-electron chi connectivity index (χ2n) is 4.68. The SMILES string of the molecule is COc1cc(/C=C/c2ccnc3ccccc23)ccc1O. The molecule has 0 bridgehead atoms. The summed E-state index contributed by atoms with van der Waals surface area (Å²) in [6.45, 7) is 0. The summed E-state index contributed by atoms with van der Waals surface area (Å²) in [5.74, 6) is 0.612. The number of rotatable bonds is 3. The van der Waals surface area contributed by atoms with Crippen molar-refractivity contribution in [3.63, 3.8) is 0 Å². The Bertz CT molecular complexity index is 804. The molecule has 0 atom stereocenters. The first-order chi connectivity index (χ1) is 10.3. The van der Waals surface area contributed by atoms with E-state index in [1.54, 1.807) is 25.4 Å². The molecule has 0 aliphatic heterocycles. The largest absolute Gasteiger partial charge is 0.504 e. The molecular formula is C18H15NO2. The molecule has 0 radical (unpaired) electrons. The lowest BCUT2D eigenvalue weighted by molar-refractivity contribution is 0.373. The van der Waals surface area contributed by atoms with Crippen LogP contribution in [0, 0.1) is 0 Å². The van der Waals surface area contributed by atoms with Crippen molar-refractivity contribution in [2.24, 2.45) is 0 Å². The van der Waals surface area contributed by atoms with Gasteiger partial charge >= 0.3 is 0 Å². The molecule has 0 fully saturated rings. The van der Waals surface area contributed by atoms with E-state index in [0.717, 1.165) is 22.0 Å². The Labute approximate surface area is 123 Å². The maximum atomic E-state index is 9.60. The lowest BCUT2D eigenvalue weighted by Crippen LogP contribution is -1.84. The molecule has 0 unspecified atom stereocenters. The van der Waals surface area contributed by atoms with Crippen LogP contribution in [0.1, 0.15) is 11.1 Å². The van der Waals surface area contributed by atoms with Gasteiger partial charge in [0.05, 0.1) is 12.6 Å². The first-order valence-corrected chi connectivity index (χ1v) is 6.67. The third kappa shape index (κ3) is 2.72. The number of phenols is 1. The average molecular weight is 277 g/mol. The average Bonchev–Trinajstić information content (AvgIpc) is 2.54. The maximum Gasteiger partial charge on any atom is 0.161 e. The fourth-order valence-electron chi connectivity index (χ4n) is 2.25. The van der Waals surface area contributed by atoms with Crippen molar-refractivity contribution >= 4 is 23.1 Å². The highest BCUT2D eigenvalue weighted by Gasteiger charge is 2.01. The van der Waals surface area contributed by atoms with Gasteiger partial charge in [-0.3, -0.25) is 4.98 Å². The smallest absolute Gasteiger partial charge is 0.161 e. The van der Waals surface area contributed by atoms with Gasteiger partial charge in [-0.05, 0) is 35.4 Å². The van der Waals surface area contributed by atoms with Crippen LogP contribution in [0.4, 0.5) is 0 Å². The van der Waals surface area contributed by atoms with Crippen LogP contribution in [0.15, 0.2) is 54.7 Å². The predicted molar refractivity (Wildman–Crippen MR) is 85.3 cm³/mol. The molecule has 1 aromatic heterocycles. The summed E-state index contributed by atoms with van der Waals surface area (Å²) in [4.78, 5) is 4.35. The molecule has 3 nitrogen and oxygen atoms in total. The molecule has 0 aliphatic carbocycles. The topological polar surface area (TPSA) is 42.4 Å². The standard InChI is InChI=1S/C18H15NO2/c1-21-18-12-13(7-9-17(18)20)6-8-14-10-11-19-16-5-3-2-4-15(14)16/h2-12,20H,1H3/b8-6+. The highest BCUT2D eigenvalue weighted by molar-refractivity contribution is 5.90. The van der Waals surface area contributed by atoms with Crippen molar-refractivity contribution in [3.05, 3.63) is 65.9 Å². The highest BCUT2D eigenvalue weighted by atomic mass is 16.5. The molecule has 3 rings (SSSR count). The van der Waals surface area contributed by atoms with E-state index in [0.29, 0.717) is 5.75 Å². The number of aromatic nitrogens is 1. The Morgan fingerprint density at radius 2 is 1.90 bits per heavy atom. The van der Waals surface area contributed by atoms with Gasteiger partial charge in [-0.1, -0.05) is 36.4 Å². The van der Waals surface area contributed by atoms with Crippen molar-refractivity contribution in [2.75, 3.05) is 7.11 Å². The van der Waals surface area contributed by atoms with E-state index in [4.69, 9.17) is 4.74 Å². The summed E-state index contributed by atoms with van der Waals surface area (Å²) in [7, 11) is 1.54. The summed E-state index contributed by atoms with van der Waals surface area (Å²) in [5.41, 5.74) is 3.04. The number of methoxy groups -OCH3 is 1. The number of ether oxygens (including phenoxy) is 1. The molecule has 0 aliphatic rings. The van der Waals surface area contributed by atoms with E-state index in [1.165, 1.54) is 0 Å². The molecule has 1 heterocycles. The summed E-state index contributed by atoms with van der Waals surface area (Å²) in [5, 5.41) is 10.7. The van der Waals surface area contributed by atoms with E-state index < -0.39 is 0 Å². The summed E-state index contributed by atoms with van der Waals surface area (Å²) in [6.07, 6.45) is 5.83. The normalized spacial score (nSPS) is 11.1. The fourth-order valence-corrected chi connectivity index (χ4v) is 2.25. The first-order valence-electron chi connectivity index (χ1n) is 6.67. The van der Waals surface area contributed by atoms with Gasteiger partial charge in [-0.25, -0.2) is 0 Å². The monoisotopic (exact) mass is 277 g/mol. The Hall–Kier alpha value is -2.81. The Morgan fingerprint density at radius 1 is 1.05 bits per heavy atom. The van der Waals surface area contributed by atoms with Crippen molar-refractivity contribution in [3.8, 4) is 11.5 Å². The molecule has 104 valence electrons. The zero-order valence-electron chi connectivity index (χ0n) is 11.7. The van der Waals surface area contributed by atoms with E-state index >= 15 is 0 Å². The van der Waals surface area contributed by atoms with Crippen molar-refractivity contribution < 1.29 is 9.84 Å². The number of para-hydroxylation sites is 1. The molecule has 3 aromatic rings. The fraction of sp³-hybridized carbons (Fsp3) is 0.0556. The quantitative estimate of drug-likeness (QED) is 0.783. The molecule has 0 spiro atoms. The Kier molecular flexibility index (Phi) is 3.56. The molecule has 0 saturated heterocycles. The van der Waals surface area contributed by atoms with Crippen molar-refractivity contribution in [1.29, 1.82) is 0 Å². The summed E-state index contributed by atoms with van der Waals surface area (Å²) in [6, 6.07) is 15.3. The van der Waals surface area contributed by atoms with Gasteiger partial charge in [0.2, 0.25) is 0 Å². The number of hydrogen-bond acceptors (Lipinski definition) is 3. The summed E-state index contributed by atoms with van der Waals surface area (Å²) < 4.78 is 5.11. The van der Waals surface area contributed by atoms with Gasteiger partial charge in [0.15, 0.2) is 11.5 Å². The van der Waals surface area contributed by atoms with Crippen molar-refractivity contribution in [1.82, 2.24) is 4.98 Å². The van der Waals surface area contributed by atoms with Gasteiger partial charge in [0.1, 0.15) is 0 Å². The zero-order chi connectivity index (χ0) is 14.7. The van der Waals surface area contributed by atoms with Gasteiger partial charge in [-0.2, -0.15) is 0 Å². The highest BCUT2D eigenvalue weighted by Crippen LogP contribution is 2.27. The summed E-state index contributed by atoms with van der Waals surface area (Å²) >= 11 is 0. The minimum Gasteiger partial charge on any atom is -0.504 e. The number of hydrogen-bond donors (Lipinski definition) is 1. The van der Waals surface area contributed by atoms with E-state index in [1.807, 2.05) is 42.5 Å². The number of phenolic OH excluding ortho intramolecular Hbond substituents is 1. The lowest BCUT2D eigenvalue weighted by Gasteiger charge is -2.04. The van der Waals surface area contributed by atoms with Crippen molar-refractivity contribution in [2.45, 2.75) is 0 Å². The zero-order valence-corrected chi connectivity index (χ0v) is 11.7. The van der Waals surface area contributed by atoms with Gasteiger partial charge in [0.25, 0.3) is 0 Å². The van der Waals surface area contributed by atoms with Crippen LogP contribution in [-0.4, -0.2) is 17.2 Å². The lowest BCUT2D eigenvalue weighted by atomic mass is 10.1. The first kappa shape index (κ1) is 13.2. The van der Waals surface area contributed by atoms with Crippen LogP contribution < -0.4 is 4.74 Å². The number of fused-ring (bicyclic) bond motifs is 1. The minimum atomic E-state index is 0.143. The maximum absolute atomic E-state index is 9.60. The number of benzene rings is 2. The third-order valence-corrected chi connectivity index (χ3v) is 3.34. The number of nitrogens with zero attached hydrogens (tertiary/aromatic N) is 1. The Balaban J connectivity index is 1.98. The van der Waals surface area contributed by atoms with Crippen LogP contribution in [0.5, 0.6) is 11.5 Å². The van der Waals surface area contributed by atoms with Crippen LogP contribution in [0.3, 0.4) is 0 Å². The second kappa shape index (κ2) is 5.67. The molecule has 0 saturated carbocycles. The van der Waals surface area contributed by atoms with Crippen LogP contribution in [-0.2, 0) is 0 Å². The van der Waals surface area contributed by atoms with E-state index in [9.17, 15) is 5.11 Å². The number of pyridine rings is 1. The molecule has 2 aromatic carbocycles. The molecule has 1 N–H and O–H groups in total. The molecule has 21 heavy (non-hydrogen) atoms.